The van der Waals surface area contributed by atoms with Crippen LogP contribution in [0.4, 0.5) is 0 Å². The van der Waals surface area contributed by atoms with Crippen LogP contribution in [-0.2, 0) is 4.74 Å². The molecule has 0 fully saturated rings. The first kappa shape index (κ1) is 16.9. The third-order valence-corrected chi connectivity index (χ3v) is 3.92. The van der Waals surface area contributed by atoms with E-state index >= 15 is 0 Å². The van der Waals surface area contributed by atoms with Crippen LogP contribution < -0.4 is 10.1 Å². The molecule has 0 saturated carbocycles. The summed E-state index contributed by atoms with van der Waals surface area (Å²) in [4.78, 5) is 4.30. The van der Waals surface area contributed by atoms with Crippen LogP contribution in [0.5, 0.6) is 5.75 Å². The lowest BCUT2D eigenvalue weighted by molar-refractivity contribution is -0.0483. The van der Waals surface area contributed by atoms with Gasteiger partial charge >= 0.3 is 0 Å². The van der Waals surface area contributed by atoms with Gasteiger partial charge in [0.15, 0.2) is 0 Å². The monoisotopic (exact) mass is 280 g/mol. The number of pyridine rings is 1. The third kappa shape index (κ3) is 3.70. The molecule has 0 bridgehead atoms. The van der Waals surface area contributed by atoms with Gasteiger partial charge < -0.3 is 14.8 Å². The summed E-state index contributed by atoms with van der Waals surface area (Å²) in [5.74, 6) is 0.810. The summed E-state index contributed by atoms with van der Waals surface area (Å²) >= 11 is 0. The van der Waals surface area contributed by atoms with E-state index in [1.807, 2.05) is 13.1 Å². The van der Waals surface area contributed by atoms with E-state index in [4.69, 9.17) is 9.47 Å². The minimum absolute atomic E-state index is 0.111. The van der Waals surface area contributed by atoms with Crippen molar-refractivity contribution in [3.63, 3.8) is 0 Å². The standard InChI is InChI=1S/C16H28N2O2/c1-6-16(7-2,19-5)15(18-8-3)13-10-14(20-9-4)12-17-11-13/h10-12,15,18H,6-9H2,1-5H3. The smallest absolute Gasteiger partial charge is 0.137 e. The van der Waals surface area contributed by atoms with E-state index in [2.05, 4.69) is 37.1 Å². The number of nitrogens with one attached hydrogen (secondary N) is 1. The zero-order valence-corrected chi connectivity index (χ0v) is 13.4. The Bertz CT molecular complexity index is 384. The minimum Gasteiger partial charge on any atom is -0.492 e. The van der Waals surface area contributed by atoms with Gasteiger partial charge in [-0.1, -0.05) is 20.8 Å². The minimum atomic E-state index is -0.220. The lowest BCUT2D eigenvalue weighted by Gasteiger charge is -2.39. The highest BCUT2D eigenvalue weighted by molar-refractivity contribution is 5.28. The van der Waals surface area contributed by atoms with Gasteiger partial charge in [0.05, 0.1) is 24.4 Å². The summed E-state index contributed by atoms with van der Waals surface area (Å²) in [6.45, 7) is 9.95. The number of hydrogen-bond acceptors (Lipinski definition) is 4. The number of aromatic nitrogens is 1. The van der Waals surface area contributed by atoms with E-state index in [0.29, 0.717) is 6.61 Å². The van der Waals surface area contributed by atoms with E-state index in [9.17, 15) is 0 Å². The van der Waals surface area contributed by atoms with Gasteiger partial charge in [0, 0.05) is 13.3 Å². The van der Waals surface area contributed by atoms with Crippen LogP contribution in [0.15, 0.2) is 18.5 Å². The topological polar surface area (TPSA) is 43.4 Å². The Hall–Kier alpha value is -1.13. The summed E-state index contributed by atoms with van der Waals surface area (Å²) in [7, 11) is 1.79. The Morgan fingerprint density at radius 3 is 2.40 bits per heavy atom. The van der Waals surface area contributed by atoms with Crippen molar-refractivity contribution in [3.8, 4) is 5.75 Å². The zero-order valence-electron chi connectivity index (χ0n) is 13.4. The Morgan fingerprint density at radius 1 is 1.20 bits per heavy atom. The highest BCUT2D eigenvalue weighted by Gasteiger charge is 2.36. The lowest BCUT2D eigenvalue weighted by atomic mass is 9.84. The molecule has 0 saturated heterocycles. The van der Waals surface area contributed by atoms with Crippen LogP contribution in [0, 0.1) is 0 Å². The molecule has 0 aromatic carbocycles. The number of hydrogen-bond donors (Lipinski definition) is 1. The van der Waals surface area contributed by atoms with Crippen molar-refractivity contribution < 1.29 is 9.47 Å². The Morgan fingerprint density at radius 2 is 1.90 bits per heavy atom. The molecule has 0 aliphatic carbocycles. The maximum absolute atomic E-state index is 5.87. The molecule has 114 valence electrons. The number of nitrogens with zero attached hydrogens (tertiary/aromatic N) is 1. The fourth-order valence-electron chi connectivity index (χ4n) is 2.72. The largest absolute Gasteiger partial charge is 0.492 e. The van der Waals surface area contributed by atoms with Gasteiger partial charge in [0.25, 0.3) is 0 Å². The molecule has 1 aromatic heterocycles. The molecule has 1 aromatic rings. The summed E-state index contributed by atoms with van der Waals surface area (Å²) < 4.78 is 11.4. The second-order valence-corrected chi connectivity index (χ2v) is 4.85. The zero-order chi connectivity index (χ0) is 15.0. The number of ether oxygens (including phenoxy) is 2. The molecule has 4 heteroatoms. The van der Waals surface area contributed by atoms with Crippen LogP contribution >= 0.6 is 0 Å². The predicted octanol–water partition coefficient (Wildman–Crippen LogP) is 3.34. The van der Waals surface area contributed by atoms with Crippen LogP contribution in [0.25, 0.3) is 0 Å². The van der Waals surface area contributed by atoms with Gasteiger partial charge in [-0.25, -0.2) is 0 Å². The van der Waals surface area contributed by atoms with Crippen molar-refractivity contribution in [3.05, 3.63) is 24.0 Å². The van der Waals surface area contributed by atoms with Crippen LogP contribution in [-0.4, -0.2) is 30.8 Å². The molecule has 0 radical (unpaired) electrons. The van der Waals surface area contributed by atoms with Gasteiger partial charge in [-0.3, -0.25) is 4.98 Å². The molecular formula is C16H28N2O2. The summed E-state index contributed by atoms with van der Waals surface area (Å²) in [5.41, 5.74) is 0.894. The summed E-state index contributed by atoms with van der Waals surface area (Å²) in [5, 5.41) is 3.54. The first-order valence-electron chi connectivity index (χ1n) is 7.53. The highest BCUT2D eigenvalue weighted by atomic mass is 16.5. The molecule has 0 aliphatic rings. The Labute approximate surface area is 122 Å². The van der Waals surface area contributed by atoms with Gasteiger partial charge in [0.2, 0.25) is 0 Å². The molecule has 1 rings (SSSR count). The van der Waals surface area contributed by atoms with Crippen LogP contribution in [0.1, 0.15) is 52.1 Å². The van der Waals surface area contributed by atoms with Gasteiger partial charge in [-0.15, -0.1) is 0 Å². The molecule has 0 amide bonds. The fraction of sp³-hybridized carbons (Fsp3) is 0.688. The SMILES string of the molecule is CCNC(c1cncc(OCC)c1)C(CC)(CC)OC. The Kier molecular flexibility index (Phi) is 6.96. The van der Waals surface area contributed by atoms with E-state index in [1.54, 1.807) is 13.3 Å². The van der Waals surface area contributed by atoms with Crippen molar-refractivity contribution in [2.75, 3.05) is 20.3 Å². The van der Waals surface area contributed by atoms with Crippen molar-refractivity contribution in [2.24, 2.45) is 0 Å². The van der Waals surface area contributed by atoms with E-state index < -0.39 is 0 Å². The first-order chi connectivity index (χ1) is 9.67. The van der Waals surface area contributed by atoms with Gasteiger partial charge in [-0.05, 0) is 37.9 Å². The van der Waals surface area contributed by atoms with E-state index in [1.165, 1.54) is 0 Å². The lowest BCUT2D eigenvalue weighted by Crippen LogP contribution is -2.44. The van der Waals surface area contributed by atoms with Crippen LogP contribution in [0.3, 0.4) is 0 Å². The maximum atomic E-state index is 5.87. The second-order valence-electron chi connectivity index (χ2n) is 4.85. The summed E-state index contributed by atoms with van der Waals surface area (Å²) in [6, 6.07) is 2.17. The average Bonchev–Trinajstić information content (AvgIpc) is 2.49. The molecule has 20 heavy (non-hydrogen) atoms. The fourth-order valence-corrected chi connectivity index (χ4v) is 2.72. The molecular weight excluding hydrogens is 252 g/mol. The van der Waals surface area contributed by atoms with E-state index in [0.717, 1.165) is 30.7 Å². The van der Waals surface area contributed by atoms with Crippen molar-refractivity contribution in [2.45, 2.75) is 52.2 Å². The third-order valence-electron chi connectivity index (χ3n) is 3.92. The number of rotatable bonds is 9. The van der Waals surface area contributed by atoms with Crippen molar-refractivity contribution in [1.29, 1.82) is 0 Å². The molecule has 4 nitrogen and oxygen atoms in total. The molecule has 1 atom stereocenters. The molecule has 0 aliphatic heterocycles. The highest BCUT2D eigenvalue weighted by Crippen LogP contribution is 2.35. The predicted molar refractivity (Wildman–Crippen MR) is 82.1 cm³/mol. The molecule has 0 spiro atoms. The van der Waals surface area contributed by atoms with Crippen molar-refractivity contribution >= 4 is 0 Å². The quantitative estimate of drug-likeness (QED) is 0.753. The Balaban J connectivity index is 3.14. The second kappa shape index (κ2) is 8.22. The average molecular weight is 280 g/mol. The summed E-state index contributed by atoms with van der Waals surface area (Å²) in [6.07, 6.45) is 5.53. The molecule has 1 N–H and O–H groups in total. The van der Waals surface area contributed by atoms with E-state index in [-0.39, 0.29) is 11.6 Å². The molecule has 1 heterocycles. The number of likely N-dealkylation sites (N-methyl/N-ethyl adjacent to an activating group) is 1. The number of methoxy groups -OCH3 is 1. The van der Waals surface area contributed by atoms with Crippen LogP contribution in [0.2, 0.25) is 0 Å². The normalized spacial score (nSPS) is 13.2. The van der Waals surface area contributed by atoms with Gasteiger partial charge in [-0.2, -0.15) is 0 Å². The molecule has 1 unspecified atom stereocenters. The van der Waals surface area contributed by atoms with Crippen molar-refractivity contribution in [1.82, 2.24) is 10.3 Å². The maximum Gasteiger partial charge on any atom is 0.137 e. The van der Waals surface area contributed by atoms with Gasteiger partial charge in [0.1, 0.15) is 5.75 Å². The first-order valence-corrected chi connectivity index (χ1v) is 7.53.